The van der Waals surface area contributed by atoms with Gasteiger partial charge in [-0.2, -0.15) is 5.10 Å². The average Bonchev–Trinajstić information content (AvgIpc) is 3.42. The maximum atomic E-state index is 13.3. The van der Waals surface area contributed by atoms with Gasteiger partial charge in [0.25, 0.3) is 5.91 Å². The highest BCUT2D eigenvalue weighted by Crippen LogP contribution is 2.36. The lowest BCUT2D eigenvalue weighted by molar-refractivity contribution is -0.122. The van der Waals surface area contributed by atoms with Crippen molar-refractivity contribution in [2.24, 2.45) is 0 Å². The number of amides is 1. The monoisotopic (exact) mass is 497 g/mol. The molecule has 0 spiro atoms. The Hall–Kier alpha value is -3.68. The van der Waals surface area contributed by atoms with Crippen LogP contribution in [0.1, 0.15) is 16.7 Å². The number of nitrogens with zero attached hydrogens (tertiary/aromatic N) is 3. The average molecular weight is 498 g/mol. The van der Waals surface area contributed by atoms with Crippen LogP contribution < -0.4 is 4.74 Å². The Morgan fingerprint density at radius 1 is 1.00 bits per heavy atom. The number of carbonyl (C=O) groups excluding carboxylic acids is 1. The highest BCUT2D eigenvalue weighted by molar-refractivity contribution is 8.26. The largest absolute Gasteiger partial charge is 0.497 e. The second-order valence-corrected chi connectivity index (χ2v) is 9.87. The lowest BCUT2D eigenvalue weighted by atomic mass is 10.1. The summed E-state index contributed by atoms with van der Waals surface area (Å²) in [5, 5.41) is 4.85. The molecule has 5 nitrogen and oxygen atoms in total. The molecule has 1 amide bonds. The first-order chi connectivity index (χ1) is 17.0. The molecular weight excluding hydrogens is 474 g/mol. The zero-order valence-electron chi connectivity index (χ0n) is 19.3. The standard InChI is InChI=1S/C28H23N3O2S2/c1-19-8-10-20(11-9-19)17-30-27(32)25(35-28(30)34)16-22-18-31(23-6-4-3-5-7-23)29-26(22)21-12-14-24(33-2)15-13-21/h3-16,18H,17H2,1-2H3/b25-16-. The second kappa shape index (κ2) is 9.90. The van der Waals surface area contributed by atoms with Crippen molar-refractivity contribution in [2.75, 3.05) is 7.11 Å². The van der Waals surface area contributed by atoms with E-state index in [-0.39, 0.29) is 5.91 Å². The second-order valence-electron chi connectivity index (χ2n) is 8.20. The van der Waals surface area contributed by atoms with Gasteiger partial charge < -0.3 is 4.74 Å². The zero-order chi connectivity index (χ0) is 24.4. The number of thioether (sulfide) groups is 1. The summed E-state index contributed by atoms with van der Waals surface area (Å²) in [4.78, 5) is 15.6. The van der Waals surface area contributed by atoms with Crippen LogP contribution in [0.4, 0.5) is 0 Å². The highest BCUT2D eigenvalue weighted by atomic mass is 32.2. The lowest BCUT2D eigenvalue weighted by Crippen LogP contribution is -2.27. The number of methoxy groups -OCH3 is 1. The van der Waals surface area contributed by atoms with E-state index < -0.39 is 0 Å². The molecule has 5 rings (SSSR count). The molecule has 0 unspecified atom stereocenters. The van der Waals surface area contributed by atoms with E-state index in [2.05, 4.69) is 0 Å². The quantitative estimate of drug-likeness (QED) is 0.233. The predicted molar refractivity (Wildman–Crippen MR) is 145 cm³/mol. The Kier molecular flexibility index (Phi) is 6.53. The van der Waals surface area contributed by atoms with Gasteiger partial charge in [0.1, 0.15) is 10.1 Å². The highest BCUT2D eigenvalue weighted by Gasteiger charge is 2.32. The number of ether oxygens (including phenoxy) is 1. The molecule has 0 bridgehead atoms. The molecule has 2 heterocycles. The Balaban J connectivity index is 1.51. The fourth-order valence-corrected chi connectivity index (χ4v) is 5.08. The van der Waals surface area contributed by atoms with Crippen LogP contribution >= 0.6 is 24.0 Å². The molecule has 4 aromatic rings. The molecule has 1 aromatic heterocycles. The number of carbonyl (C=O) groups is 1. The molecule has 174 valence electrons. The summed E-state index contributed by atoms with van der Waals surface area (Å²) in [5.74, 6) is 0.684. The van der Waals surface area contributed by atoms with E-state index in [1.807, 2.05) is 103 Å². The first kappa shape index (κ1) is 23.1. The van der Waals surface area contributed by atoms with E-state index in [1.165, 1.54) is 17.3 Å². The van der Waals surface area contributed by atoms with Gasteiger partial charge in [0.15, 0.2) is 0 Å². The third-order valence-corrected chi connectivity index (χ3v) is 7.13. The summed E-state index contributed by atoms with van der Waals surface area (Å²) in [6.07, 6.45) is 3.84. The molecule has 0 atom stereocenters. The van der Waals surface area contributed by atoms with Crippen LogP contribution in [0.5, 0.6) is 5.75 Å². The summed E-state index contributed by atoms with van der Waals surface area (Å²) < 4.78 is 7.70. The third-order valence-electron chi connectivity index (χ3n) is 5.75. The summed E-state index contributed by atoms with van der Waals surface area (Å²) in [7, 11) is 1.64. The molecule has 1 saturated heterocycles. The predicted octanol–water partition coefficient (Wildman–Crippen LogP) is 6.26. The van der Waals surface area contributed by atoms with Crippen molar-refractivity contribution in [1.29, 1.82) is 0 Å². The van der Waals surface area contributed by atoms with E-state index in [0.717, 1.165) is 33.8 Å². The smallest absolute Gasteiger partial charge is 0.266 e. The lowest BCUT2D eigenvalue weighted by Gasteiger charge is -2.14. The van der Waals surface area contributed by atoms with Gasteiger partial charge in [-0.1, -0.05) is 72.0 Å². The number of benzene rings is 3. The van der Waals surface area contributed by atoms with Gasteiger partial charge >= 0.3 is 0 Å². The molecule has 1 fully saturated rings. The van der Waals surface area contributed by atoms with Crippen LogP contribution in [0.3, 0.4) is 0 Å². The minimum atomic E-state index is -0.0892. The van der Waals surface area contributed by atoms with Gasteiger partial charge in [0.05, 0.1) is 29.9 Å². The van der Waals surface area contributed by atoms with E-state index >= 15 is 0 Å². The molecule has 0 saturated carbocycles. The van der Waals surface area contributed by atoms with Crippen LogP contribution in [0.2, 0.25) is 0 Å². The van der Waals surface area contributed by atoms with Gasteiger partial charge in [-0.25, -0.2) is 4.68 Å². The van der Waals surface area contributed by atoms with E-state index in [9.17, 15) is 4.79 Å². The minimum Gasteiger partial charge on any atom is -0.497 e. The molecule has 1 aliphatic rings. The maximum Gasteiger partial charge on any atom is 0.266 e. The molecule has 0 radical (unpaired) electrons. The Morgan fingerprint density at radius 3 is 2.40 bits per heavy atom. The maximum absolute atomic E-state index is 13.3. The number of aryl methyl sites for hydroxylation is 1. The summed E-state index contributed by atoms with van der Waals surface area (Å²) in [6.45, 7) is 2.50. The Morgan fingerprint density at radius 2 is 1.71 bits per heavy atom. The molecule has 3 aromatic carbocycles. The van der Waals surface area contributed by atoms with Crippen molar-refractivity contribution in [3.05, 3.63) is 107 Å². The summed E-state index contributed by atoms with van der Waals surface area (Å²) >= 11 is 6.89. The normalized spacial score (nSPS) is 14.7. The minimum absolute atomic E-state index is 0.0892. The van der Waals surface area contributed by atoms with Gasteiger partial charge in [0.2, 0.25) is 0 Å². The number of rotatable bonds is 6. The first-order valence-corrected chi connectivity index (χ1v) is 12.3. The first-order valence-electron chi connectivity index (χ1n) is 11.1. The van der Waals surface area contributed by atoms with Crippen molar-refractivity contribution >= 4 is 40.3 Å². The molecule has 0 aliphatic carbocycles. The van der Waals surface area contributed by atoms with E-state index in [4.69, 9.17) is 22.1 Å². The fraction of sp³-hybridized carbons (Fsp3) is 0.107. The van der Waals surface area contributed by atoms with Crippen molar-refractivity contribution in [1.82, 2.24) is 14.7 Å². The Bertz CT molecular complexity index is 1410. The molecular formula is C28H23N3O2S2. The van der Waals surface area contributed by atoms with Crippen molar-refractivity contribution < 1.29 is 9.53 Å². The zero-order valence-corrected chi connectivity index (χ0v) is 21.0. The number of aromatic nitrogens is 2. The number of thiocarbonyl (C=S) groups is 1. The molecule has 7 heteroatoms. The summed E-state index contributed by atoms with van der Waals surface area (Å²) in [5.41, 5.74) is 5.72. The number of hydrogen-bond donors (Lipinski definition) is 0. The van der Waals surface area contributed by atoms with Crippen LogP contribution in [0.15, 0.2) is 90.0 Å². The van der Waals surface area contributed by atoms with Gasteiger partial charge in [-0.15, -0.1) is 0 Å². The van der Waals surface area contributed by atoms with Crippen LogP contribution in [-0.4, -0.2) is 32.0 Å². The molecule has 1 aliphatic heterocycles. The van der Waals surface area contributed by atoms with Crippen molar-refractivity contribution in [3.8, 4) is 22.7 Å². The molecule has 35 heavy (non-hydrogen) atoms. The topological polar surface area (TPSA) is 47.4 Å². The van der Waals surface area contributed by atoms with E-state index in [1.54, 1.807) is 12.0 Å². The van der Waals surface area contributed by atoms with Crippen LogP contribution in [-0.2, 0) is 11.3 Å². The number of hydrogen-bond acceptors (Lipinski definition) is 5. The van der Waals surface area contributed by atoms with E-state index in [0.29, 0.717) is 15.8 Å². The van der Waals surface area contributed by atoms with Crippen molar-refractivity contribution in [3.63, 3.8) is 0 Å². The third kappa shape index (κ3) is 4.92. The molecule has 0 N–H and O–H groups in total. The van der Waals surface area contributed by atoms with Gasteiger partial charge in [-0.3, -0.25) is 9.69 Å². The SMILES string of the molecule is COc1ccc(-c2nn(-c3ccccc3)cc2/C=C2\SC(=S)N(Cc3ccc(C)cc3)C2=O)cc1. The fourth-order valence-electron chi connectivity index (χ4n) is 3.83. The van der Waals surface area contributed by atoms with Crippen LogP contribution in [0.25, 0.3) is 23.0 Å². The number of para-hydroxylation sites is 1. The van der Waals surface area contributed by atoms with Gasteiger partial charge in [0, 0.05) is 17.3 Å². The van der Waals surface area contributed by atoms with Crippen LogP contribution in [0, 0.1) is 6.92 Å². The Labute approximate surface area is 214 Å². The van der Waals surface area contributed by atoms with Gasteiger partial charge in [-0.05, 0) is 55.0 Å². The summed E-state index contributed by atoms with van der Waals surface area (Å²) in [6, 6.07) is 25.8. The van der Waals surface area contributed by atoms with Crippen molar-refractivity contribution in [2.45, 2.75) is 13.5 Å².